The first-order valence-electron chi connectivity index (χ1n) is 8.41. The van der Waals surface area contributed by atoms with Crippen LogP contribution in [-0.4, -0.2) is 5.91 Å². The third kappa shape index (κ3) is 3.16. The van der Waals surface area contributed by atoms with Crippen LogP contribution in [0.5, 0.6) is 0 Å². The van der Waals surface area contributed by atoms with Crippen LogP contribution in [0.15, 0.2) is 66.7 Å². The Morgan fingerprint density at radius 3 is 2.42 bits per heavy atom. The number of benzene rings is 3. The Hall–Kier alpha value is -3.19. The number of alkyl halides is 1. The number of carbonyl (C=O) groups excluding carboxylic acids is 1. The molecule has 0 aliphatic heterocycles. The Morgan fingerprint density at radius 1 is 1.08 bits per heavy atom. The van der Waals surface area contributed by atoms with Gasteiger partial charge in [0.2, 0.25) is 0 Å². The van der Waals surface area contributed by atoms with Gasteiger partial charge >= 0.3 is 0 Å². The summed E-state index contributed by atoms with van der Waals surface area (Å²) in [7, 11) is 0. The van der Waals surface area contributed by atoms with Crippen LogP contribution in [0.4, 0.5) is 4.39 Å². The van der Waals surface area contributed by atoms with Gasteiger partial charge in [-0.1, -0.05) is 72.3 Å². The maximum Gasteiger partial charge on any atom is 0.298 e. The number of nitrogens with zero attached hydrogens (tertiary/aromatic N) is 1. The first-order valence-corrected chi connectivity index (χ1v) is 8.41. The van der Waals surface area contributed by atoms with E-state index in [9.17, 15) is 10.1 Å². The molecule has 0 bridgehead atoms. The largest absolute Gasteiger partial charge is 0.345 e. The molecular formula is C22H19FN2O. The second-order valence-corrected chi connectivity index (χ2v) is 6.40. The lowest BCUT2D eigenvalue weighted by Gasteiger charge is -2.22. The number of aryl methyl sites for hydroxylation is 1. The van der Waals surface area contributed by atoms with E-state index in [-0.39, 0.29) is 5.56 Å². The summed E-state index contributed by atoms with van der Waals surface area (Å²) in [6.45, 7) is 3.64. The monoisotopic (exact) mass is 346 g/mol. The topological polar surface area (TPSA) is 52.9 Å². The predicted octanol–water partition coefficient (Wildman–Crippen LogP) is 4.71. The molecule has 1 amide bonds. The number of nitriles is 1. The van der Waals surface area contributed by atoms with Crippen molar-refractivity contribution in [3.63, 3.8) is 0 Å². The number of fused-ring (bicyclic) bond motifs is 1. The van der Waals surface area contributed by atoms with Crippen LogP contribution in [0.25, 0.3) is 10.8 Å². The summed E-state index contributed by atoms with van der Waals surface area (Å²) in [5.74, 6) is -0.954. The van der Waals surface area contributed by atoms with Gasteiger partial charge in [0.1, 0.15) is 6.07 Å². The Labute approximate surface area is 152 Å². The lowest BCUT2D eigenvalue weighted by atomic mass is 9.94. The molecule has 1 N–H and O–H groups in total. The highest BCUT2D eigenvalue weighted by molar-refractivity contribution is 5.91. The molecule has 3 aromatic carbocycles. The molecule has 3 nitrogen and oxygen atoms in total. The second-order valence-electron chi connectivity index (χ2n) is 6.40. The molecule has 0 aliphatic carbocycles. The van der Waals surface area contributed by atoms with E-state index in [1.165, 1.54) is 18.2 Å². The molecule has 3 aromatic rings. The summed E-state index contributed by atoms with van der Waals surface area (Å²) in [6.07, 6.45) is 0. The number of halogens is 1. The summed E-state index contributed by atoms with van der Waals surface area (Å²) in [5, 5.41) is 14.0. The Balaban J connectivity index is 1.90. The SMILES string of the molecule is Cc1ccc([C@](F)(C#N)C(=O)N[C@@H](C)c2cccc3ccccc23)cc1. The summed E-state index contributed by atoms with van der Waals surface area (Å²) < 4.78 is 15.2. The van der Waals surface area contributed by atoms with Gasteiger partial charge in [-0.15, -0.1) is 0 Å². The van der Waals surface area contributed by atoms with Crippen LogP contribution in [0.1, 0.15) is 29.7 Å². The van der Waals surface area contributed by atoms with Crippen molar-refractivity contribution in [1.29, 1.82) is 5.26 Å². The van der Waals surface area contributed by atoms with E-state index in [0.29, 0.717) is 0 Å². The van der Waals surface area contributed by atoms with Crippen molar-refractivity contribution in [3.8, 4) is 6.07 Å². The van der Waals surface area contributed by atoms with Gasteiger partial charge in [0.05, 0.1) is 6.04 Å². The van der Waals surface area contributed by atoms with Gasteiger partial charge in [-0.2, -0.15) is 5.26 Å². The van der Waals surface area contributed by atoms with Crippen LogP contribution in [-0.2, 0) is 10.5 Å². The molecule has 0 saturated heterocycles. The third-order valence-corrected chi connectivity index (χ3v) is 4.55. The first kappa shape index (κ1) is 17.6. The van der Waals surface area contributed by atoms with E-state index >= 15 is 4.39 Å². The number of amides is 1. The summed E-state index contributed by atoms with van der Waals surface area (Å²) in [5.41, 5.74) is -0.889. The number of nitrogens with one attached hydrogen (secondary N) is 1. The molecular weight excluding hydrogens is 327 g/mol. The summed E-state index contributed by atoms with van der Waals surface area (Å²) in [6, 6.07) is 21.0. The van der Waals surface area contributed by atoms with Gasteiger partial charge in [-0.05, 0) is 30.2 Å². The van der Waals surface area contributed by atoms with Gasteiger partial charge in [-0.3, -0.25) is 4.79 Å². The molecule has 0 unspecified atom stereocenters. The molecule has 3 rings (SSSR count). The van der Waals surface area contributed by atoms with E-state index in [1.807, 2.05) is 49.4 Å². The minimum atomic E-state index is -2.73. The fraction of sp³-hybridized carbons (Fsp3) is 0.182. The Bertz CT molecular complexity index is 986. The Kier molecular flexibility index (Phi) is 4.73. The molecule has 0 fully saturated rings. The van der Waals surface area contributed by atoms with Crippen molar-refractivity contribution in [2.24, 2.45) is 0 Å². The first-order chi connectivity index (χ1) is 12.5. The van der Waals surface area contributed by atoms with Crippen LogP contribution >= 0.6 is 0 Å². The van der Waals surface area contributed by atoms with Crippen molar-refractivity contribution in [2.75, 3.05) is 0 Å². The van der Waals surface area contributed by atoms with Gasteiger partial charge in [0.25, 0.3) is 11.6 Å². The smallest absolute Gasteiger partial charge is 0.298 e. The standard InChI is InChI=1S/C22H19FN2O/c1-15-10-12-18(13-11-15)22(23,14-24)21(26)25-16(2)19-9-5-7-17-6-3-4-8-20(17)19/h3-13,16H,1-2H3,(H,25,26)/t16-,22+/m0/s1. The fourth-order valence-electron chi connectivity index (χ4n) is 3.03. The van der Waals surface area contributed by atoms with Crippen LogP contribution in [0, 0.1) is 18.3 Å². The molecule has 2 atom stereocenters. The molecule has 130 valence electrons. The molecule has 4 heteroatoms. The van der Waals surface area contributed by atoms with Crippen molar-refractivity contribution in [3.05, 3.63) is 83.4 Å². The molecule has 0 radical (unpaired) electrons. The van der Waals surface area contributed by atoms with Crippen molar-refractivity contribution in [2.45, 2.75) is 25.6 Å². The van der Waals surface area contributed by atoms with Crippen molar-refractivity contribution < 1.29 is 9.18 Å². The molecule has 0 aromatic heterocycles. The normalized spacial score (nSPS) is 14.2. The highest BCUT2D eigenvalue weighted by atomic mass is 19.1. The average Bonchev–Trinajstić information content (AvgIpc) is 2.67. The maximum absolute atomic E-state index is 15.2. The van der Waals surface area contributed by atoms with Crippen LogP contribution < -0.4 is 5.32 Å². The summed E-state index contributed by atoms with van der Waals surface area (Å²) in [4.78, 5) is 12.6. The average molecular weight is 346 g/mol. The van der Waals surface area contributed by atoms with Gasteiger partial charge < -0.3 is 5.32 Å². The van der Waals surface area contributed by atoms with E-state index < -0.39 is 17.6 Å². The molecule has 26 heavy (non-hydrogen) atoms. The van der Waals surface area contributed by atoms with Crippen LogP contribution in [0.3, 0.4) is 0 Å². The fourth-order valence-corrected chi connectivity index (χ4v) is 3.03. The number of hydrogen-bond acceptors (Lipinski definition) is 2. The van der Waals surface area contributed by atoms with Crippen LogP contribution in [0.2, 0.25) is 0 Å². The van der Waals surface area contributed by atoms with E-state index in [0.717, 1.165) is 21.9 Å². The third-order valence-electron chi connectivity index (χ3n) is 4.55. The quantitative estimate of drug-likeness (QED) is 0.743. The van der Waals surface area contributed by atoms with Crippen molar-refractivity contribution >= 4 is 16.7 Å². The maximum atomic E-state index is 15.2. The van der Waals surface area contributed by atoms with E-state index in [4.69, 9.17) is 0 Å². The molecule has 0 aliphatic rings. The van der Waals surface area contributed by atoms with Gasteiger partial charge in [0.15, 0.2) is 0 Å². The zero-order valence-corrected chi connectivity index (χ0v) is 14.7. The minimum Gasteiger partial charge on any atom is -0.345 e. The zero-order chi connectivity index (χ0) is 18.7. The van der Waals surface area contributed by atoms with E-state index in [2.05, 4.69) is 5.32 Å². The van der Waals surface area contributed by atoms with Gasteiger partial charge in [-0.25, -0.2) is 4.39 Å². The number of hydrogen-bond donors (Lipinski definition) is 1. The highest BCUT2D eigenvalue weighted by Gasteiger charge is 2.41. The molecule has 0 spiro atoms. The number of rotatable bonds is 4. The van der Waals surface area contributed by atoms with E-state index in [1.54, 1.807) is 19.1 Å². The second kappa shape index (κ2) is 6.97. The summed E-state index contributed by atoms with van der Waals surface area (Å²) >= 11 is 0. The number of carbonyl (C=O) groups is 1. The predicted molar refractivity (Wildman–Crippen MR) is 100 cm³/mol. The van der Waals surface area contributed by atoms with Gasteiger partial charge in [0, 0.05) is 5.56 Å². The molecule has 0 saturated carbocycles. The molecule has 0 heterocycles. The Morgan fingerprint density at radius 2 is 1.73 bits per heavy atom. The lowest BCUT2D eigenvalue weighted by Crippen LogP contribution is -2.41. The lowest BCUT2D eigenvalue weighted by molar-refractivity contribution is -0.130. The minimum absolute atomic E-state index is 0.0354. The highest BCUT2D eigenvalue weighted by Crippen LogP contribution is 2.29. The zero-order valence-electron chi connectivity index (χ0n) is 14.7. The van der Waals surface area contributed by atoms with Crippen molar-refractivity contribution in [1.82, 2.24) is 5.32 Å².